The van der Waals surface area contributed by atoms with Gasteiger partial charge >= 0.3 is 5.97 Å². The molecule has 0 saturated carbocycles. The van der Waals surface area contributed by atoms with Gasteiger partial charge in [-0.3, -0.25) is 4.79 Å². The van der Waals surface area contributed by atoms with Crippen molar-refractivity contribution in [1.82, 2.24) is 0 Å². The zero-order valence-corrected chi connectivity index (χ0v) is 5.76. The third-order valence-electron chi connectivity index (χ3n) is 0.903. The summed E-state index contributed by atoms with van der Waals surface area (Å²) < 4.78 is 4.69. The molecule has 0 amide bonds. The second-order valence-corrected chi connectivity index (χ2v) is 1.93. The van der Waals surface area contributed by atoms with Crippen molar-refractivity contribution in [2.75, 3.05) is 6.61 Å². The maximum Gasteiger partial charge on any atom is 0.302 e. The van der Waals surface area contributed by atoms with Crippen molar-refractivity contribution in [1.29, 1.82) is 0 Å². The van der Waals surface area contributed by atoms with Crippen LogP contribution in [0.1, 0.15) is 20.3 Å². The zero-order valence-electron chi connectivity index (χ0n) is 5.76. The lowest BCUT2D eigenvalue weighted by atomic mass is 10.3. The average Bonchev–Trinajstić information content (AvgIpc) is 1.63. The summed E-state index contributed by atoms with van der Waals surface area (Å²) in [5.74, 6) is -0.295. The number of aliphatic hydroxyl groups is 1. The Labute approximate surface area is 54.6 Å². The van der Waals surface area contributed by atoms with Crippen molar-refractivity contribution in [2.45, 2.75) is 26.4 Å². The van der Waals surface area contributed by atoms with Crippen LogP contribution in [-0.4, -0.2) is 23.8 Å². The van der Waals surface area contributed by atoms with Gasteiger partial charge in [-0.1, -0.05) is 0 Å². The van der Waals surface area contributed by atoms with E-state index < -0.39 is 0 Å². The van der Waals surface area contributed by atoms with E-state index in [2.05, 4.69) is 0 Å². The molecule has 1 atom stereocenters. The van der Waals surface area contributed by atoms with Crippen molar-refractivity contribution in [3.05, 3.63) is 0 Å². The molecular weight excluding hydrogens is 120 g/mol. The van der Waals surface area contributed by atoms with Gasteiger partial charge in [0.1, 0.15) is 6.10 Å². The smallest absolute Gasteiger partial charge is 0.302 e. The molecule has 0 rings (SSSR count). The Kier molecular flexibility index (Phi) is 4.05. The van der Waals surface area contributed by atoms with Crippen molar-refractivity contribution >= 4 is 5.97 Å². The van der Waals surface area contributed by atoms with E-state index in [1.165, 1.54) is 6.92 Å². The third-order valence-corrected chi connectivity index (χ3v) is 0.903. The first-order chi connectivity index (χ1) is 4.16. The van der Waals surface area contributed by atoms with Crippen LogP contribution in [0, 0.1) is 0 Å². The molecule has 3 nitrogen and oxygen atoms in total. The lowest BCUT2D eigenvalue weighted by Crippen LogP contribution is -2.13. The molecular formula is C6H12O3. The highest BCUT2D eigenvalue weighted by Crippen LogP contribution is 1.95. The highest BCUT2D eigenvalue weighted by molar-refractivity contribution is 5.66. The van der Waals surface area contributed by atoms with Gasteiger partial charge in [-0.15, -0.1) is 0 Å². The van der Waals surface area contributed by atoms with Crippen molar-refractivity contribution in [3.8, 4) is 0 Å². The second-order valence-electron chi connectivity index (χ2n) is 1.93. The molecule has 54 valence electrons. The highest BCUT2D eigenvalue weighted by Gasteiger charge is 2.02. The Morgan fingerprint density at radius 3 is 2.67 bits per heavy atom. The summed E-state index contributed by atoms with van der Waals surface area (Å²) in [7, 11) is 0. The van der Waals surface area contributed by atoms with Crippen LogP contribution in [0.5, 0.6) is 0 Å². The van der Waals surface area contributed by atoms with Gasteiger partial charge in [-0.2, -0.15) is 0 Å². The molecule has 1 N–H and O–H groups in total. The van der Waals surface area contributed by atoms with Crippen molar-refractivity contribution in [3.63, 3.8) is 0 Å². The second kappa shape index (κ2) is 4.32. The number of carbonyl (C=O) groups is 1. The number of aliphatic hydroxyl groups excluding tert-OH is 1. The van der Waals surface area contributed by atoms with Gasteiger partial charge in [0.2, 0.25) is 0 Å². The van der Waals surface area contributed by atoms with Gasteiger partial charge in [0.05, 0.1) is 0 Å². The van der Waals surface area contributed by atoms with E-state index in [1.54, 1.807) is 6.92 Å². The van der Waals surface area contributed by atoms with E-state index in [0.717, 1.165) is 0 Å². The number of esters is 1. The fraction of sp³-hybridized carbons (Fsp3) is 0.833. The molecule has 0 aromatic heterocycles. The van der Waals surface area contributed by atoms with Crippen molar-refractivity contribution < 1.29 is 14.6 Å². The van der Waals surface area contributed by atoms with Gasteiger partial charge in [0, 0.05) is 20.0 Å². The first-order valence-corrected chi connectivity index (χ1v) is 2.95. The minimum absolute atomic E-state index is 0.0639. The molecule has 0 aliphatic heterocycles. The maximum absolute atomic E-state index is 10.2. The predicted molar refractivity (Wildman–Crippen MR) is 32.9 cm³/mol. The number of hydrogen-bond donors (Lipinski definition) is 1. The van der Waals surface area contributed by atoms with Gasteiger partial charge in [-0.05, 0) is 6.92 Å². The largest absolute Gasteiger partial charge is 0.463 e. The van der Waals surface area contributed by atoms with Gasteiger partial charge in [0.15, 0.2) is 0 Å². The summed E-state index contributed by atoms with van der Waals surface area (Å²) in [4.78, 5) is 10.2. The van der Waals surface area contributed by atoms with E-state index >= 15 is 0 Å². The number of ether oxygens (including phenoxy) is 1. The SMILES string of the molecule is CC(=O)O[C@H](C)CCO. The molecule has 0 bridgehead atoms. The first kappa shape index (κ1) is 8.43. The average molecular weight is 132 g/mol. The molecule has 0 aromatic rings. The first-order valence-electron chi connectivity index (χ1n) is 2.95. The minimum atomic E-state index is -0.295. The minimum Gasteiger partial charge on any atom is -0.463 e. The summed E-state index contributed by atoms with van der Waals surface area (Å²) in [6.45, 7) is 3.17. The molecule has 0 aromatic carbocycles. The van der Waals surface area contributed by atoms with E-state index in [1.807, 2.05) is 0 Å². The number of rotatable bonds is 3. The Morgan fingerprint density at radius 2 is 2.33 bits per heavy atom. The lowest BCUT2D eigenvalue weighted by molar-refractivity contribution is -0.145. The molecule has 0 aliphatic rings. The van der Waals surface area contributed by atoms with Crippen molar-refractivity contribution in [2.24, 2.45) is 0 Å². The summed E-state index contributed by atoms with van der Waals surface area (Å²) in [6, 6.07) is 0. The molecule has 0 heterocycles. The normalized spacial score (nSPS) is 12.8. The standard InChI is InChI=1S/C6H12O3/c1-5(3-4-7)9-6(2)8/h5,7H,3-4H2,1-2H3/t5-/m1/s1. The molecule has 0 saturated heterocycles. The van der Waals surface area contributed by atoms with Crippen LogP contribution in [0.2, 0.25) is 0 Å². The van der Waals surface area contributed by atoms with Crippen LogP contribution in [-0.2, 0) is 9.53 Å². The highest BCUT2D eigenvalue weighted by atomic mass is 16.5. The Balaban J connectivity index is 3.26. The third kappa shape index (κ3) is 5.30. The fourth-order valence-electron chi connectivity index (χ4n) is 0.524. The Morgan fingerprint density at radius 1 is 1.78 bits per heavy atom. The van der Waals surface area contributed by atoms with E-state index in [-0.39, 0.29) is 18.7 Å². The zero-order chi connectivity index (χ0) is 7.28. The molecule has 9 heavy (non-hydrogen) atoms. The molecule has 0 radical (unpaired) electrons. The lowest BCUT2D eigenvalue weighted by Gasteiger charge is -2.08. The summed E-state index contributed by atoms with van der Waals surface area (Å²) in [5.41, 5.74) is 0. The van der Waals surface area contributed by atoms with Crippen LogP contribution < -0.4 is 0 Å². The van der Waals surface area contributed by atoms with Crippen LogP contribution in [0.3, 0.4) is 0 Å². The Hall–Kier alpha value is -0.570. The molecule has 0 fully saturated rings. The van der Waals surface area contributed by atoms with E-state index in [0.29, 0.717) is 6.42 Å². The van der Waals surface area contributed by atoms with Crippen LogP contribution in [0.4, 0.5) is 0 Å². The van der Waals surface area contributed by atoms with Gasteiger partial charge < -0.3 is 9.84 Å². The van der Waals surface area contributed by atoms with E-state index in [4.69, 9.17) is 9.84 Å². The number of carbonyl (C=O) groups excluding carboxylic acids is 1. The van der Waals surface area contributed by atoms with Gasteiger partial charge in [0.25, 0.3) is 0 Å². The molecule has 0 spiro atoms. The summed E-state index contributed by atoms with van der Waals surface area (Å²) in [6.07, 6.45) is 0.354. The Bertz CT molecular complexity index is 90.3. The molecule has 0 unspecified atom stereocenters. The van der Waals surface area contributed by atoms with E-state index in [9.17, 15) is 4.79 Å². The molecule has 3 heteroatoms. The maximum atomic E-state index is 10.2. The molecule has 0 aliphatic carbocycles. The van der Waals surface area contributed by atoms with Gasteiger partial charge in [-0.25, -0.2) is 0 Å². The summed E-state index contributed by atoms with van der Waals surface area (Å²) >= 11 is 0. The predicted octanol–water partition coefficient (Wildman–Crippen LogP) is 0.320. The number of hydrogen-bond acceptors (Lipinski definition) is 3. The quantitative estimate of drug-likeness (QED) is 0.562. The fourth-order valence-corrected chi connectivity index (χ4v) is 0.524. The summed E-state index contributed by atoms with van der Waals surface area (Å²) in [5, 5.41) is 8.36. The van der Waals surface area contributed by atoms with Crippen LogP contribution in [0.25, 0.3) is 0 Å². The monoisotopic (exact) mass is 132 g/mol. The van der Waals surface area contributed by atoms with Crippen LogP contribution >= 0.6 is 0 Å². The van der Waals surface area contributed by atoms with Crippen LogP contribution in [0.15, 0.2) is 0 Å². The topological polar surface area (TPSA) is 46.5 Å².